The van der Waals surface area contributed by atoms with Gasteiger partial charge in [-0.3, -0.25) is 0 Å². The number of ether oxygens (including phenoxy) is 2. The van der Waals surface area contributed by atoms with Crippen LogP contribution in [0.1, 0.15) is 45.1 Å². The van der Waals surface area contributed by atoms with Gasteiger partial charge in [-0.1, -0.05) is 19.9 Å². The Hall–Kier alpha value is -1.49. The second kappa shape index (κ2) is 8.96. The fourth-order valence-electron chi connectivity index (χ4n) is 2.38. The van der Waals surface area contributed by atoms with Crippen LogP contribution in [0.2, 0.25) is 0 Å². The van der Waals surface area contributed by atoms with Crippen molar-refractivity contribution < 1.29 is 9.47 Å². The minimum atomic E-state index is 0.584. The molecule has 0 bridgehead atoms. The normalized spacial score (nSPS) is 13.5. The van der Waals surface area contributed by atoms with E-state index in [2.05, 4.69) is 30.1 Å². The molecular formula is C18H28N2O2S. The molecule has 0 amide bonds. The summed E-state index contributed by atoms with van der Waals surface area (Å²) in [6.07, 6.45) is 4.52. The van der Waals surface area contributed by atoms with E-state index in [1.807, 2.05) is 12.1 Å². The van der Waals surface area contributed by atoms with Crippen LogP contribution in [0.5, 0.6) is 11.5 Å². The van der Waals surface area contributed by atoms with Gasteiger partial charge in [-0.05, 0) is 55.6 Å². The predicted molar refractivity (Wildman–Crippen MR) is 98.2 cm³/mol. The number of thiocarbonyl (C=S) groups is 1. The highest BCUT2D eigenvalue weighted by atomic mass is 32.1. The predicted octanol–water partition coefficient (Wildman–Crippen LogP) is 3.73. The summed E-state index contributed by atoms with van der Waals surface area (Å²) in [5, 5.41) is 4.29. The van der Waals surface area contributed by atoms with Gasteiger partial charge in [0.1, 0.15) is 0 Å². The van der Waals surface area contributed by atoms with E-state index in [0.717, 1.165) is 42.5 Å². The van der Waals surface area contributed by atoms with Crippen molar-refractivity contribution in [2.45, 2.75) is 52.1 Å². The highest BCUT2D eigenvalue weighted by molar-refractivity contribution is 7.80. The van der Waals surface area contributed by atoms with Crippen LogP contribution in [-0.2, 0) is 6.54 Å². The molecule has 1 aromatic carbocycles. The molecular weight excluding hydrogens is 308 g/mol. The Morgan fingerprint density at radius 3 is 2.65 bits per heavy atom. The van der Waals surface area contributed by atoms with Crippen molar-refractivity contribution in [3.8, 4) is 11.5 Å². The molecule has 4 nitrogen and oxygen atoms in total. The third-order valence-electron chi connectivity index (χ3n) is 3.75. The zero-order chi connectivity index (χ0) is 16.7. The number of benzene rings is 1. The van der Waals surface area contributed by atoms with Crippen LogP contribution in [0.3, 0.4) is 0 Å². The van der Waals surface area contributed by atoms with E-state index in [0.29, 0.717) is 12.6 Å². The van der Waals surface area contributed by atoms with Crippen molar-refractivity contribution >= 4 is 17.3 Å². The van der Waals surface area contributed by atoms with Gasteiger partial charge in [-0.15, -0.1) is 0 Å². The Bertz CT molecular complexity index is 518. The molecule has 1 aliphatic carbocycles. The molecule has 0 heterocycles. The standard InChI is InChI=1S/C18H28N2O2S/c1-4-10-20(18(23)19-15-7-8-15)13-14-6-9-16(22-11-5-2)17(12-14)21-3/h6,9,12,15H,4-5,7-8,10-11,13H2,1-3H3,(H,19,23). The molecule has 0 radical (unpaired) electrons. The number of rotatable bonds is 9. The fraction of sp³-hybridized carbons (Fsp3) is 0.611. The lowest BCUT2D eigenvalue weighted by atomic mass is 10.2. The van der Waals surface area contributed by atoms with Crippen molar-refractivity contribution in [3.63, 3.8) is 0 Å². The Kier molecular flexibility index (Phi) is 6.96. The average Bonchev–Trinajstić information content (AvgIpc) is 3.36. The second-order valence-corrected chi connectivity index (χ2v) is 6.37. The molecule has 1 N–H and O–H groups in total. The topological polar surface area (TPSA) is 33.7 Å². The Morgan fingerprint density at radius 1 is 1.26 bits per heavy atom. The van der Waals surface area contributed by atoms with Crippen molar-refractivity contribution in [2.24, 2.45) is 0 Å². The molecule has 0 spiro atoms. The fourth-order valence-corrected chi connectivity index (χ4v) is 2.70. The van der Waals surface area contributed by atoms with Gasteiger partial charge >= 0.3 is 0 Å². The molecule has 5 heteroatoms. The molecule has 0 aromatic heterocycles. The smallest absolute Gasteiger partial charge is 0.169 e. The largest absolute Gasteiger partial charge is 0.493 e. The van der Waals surface area contributed by atoms with E-state index in [-0.39, 0.29) is 0 Å². The van der Waals surface area contributed by atoms with Gasteiger partial charge in [0.15, 0.2) is 16.6 Å². The minimum Gasteiger partial charge on any atom is -0.493 e. The highest BCUT2D eigenvalue weighted by Gasteiger charge is 2.23. The van der Waals surface area contributed by atoms with E-state index in [9.17, 15) is 0 Å². The van der Waals surface area contributed by atoms with Gasteiger partial charge in [-0.2, -0.15) is 0 Å². The molecule has 1 aliphatic rings. The molecule has 1 saturated carbocycles. The lowest BCUT2D eigenvalue weighted by Gasteiger charge is -2.26. The Morgan fingerprint density at radius 2 is 2.04 bits per heavy atom. The van der Waals surface area contributed by atoms with Crippen LogP contribution in [-0.4, -0.2) is 36.3 Å². The summed E-state index contributed by atoms with van der Waals surface area (Å²) >= 11 is 5.56. The minimum absolute atomic E-state index is 0.584. The lowest BCUT2D eigenvalue weighted by molar-refractivity contribution is 0.293. The number of hydrogen-bond acceptors (Lipinski definition) is 3. The van der Waals surface area contributed by atoms with Gasteiger partial charge in [0.05, 0.1) is 13.7 Å². The molecule has 0 aliphatic heterocycles. The van der Waals surface area contributed by atoms with E-state index >= 15 is 0 Å². The van der Waals surface area contributed by atoms with Gasteiger partial charge in [-0.25, -0.2) is 0 Å². The summed E-state index contributed by atoms with van der Waals surface area (Å²) in [4.78, 5) is 2.23. The number of hydrogen-bond donors (Lipinski definition) is 1. The molecule has 0 saturated heterocycles. The summed E-state index contributed by atoms with van der Waals surface area (Å²) in [5.41, 5.74) is 1.18. The second-order valence-electron chi connectivity index (χ2n) is 5.98. The van der Waals surface area contributed by atoms with E-state index in [4.69, 9.17) is 21.7 Å². The number of nitrogens with one attached hydrogen (secondary N) is 1. The van der Waals surface area contributed by atoms with Crippen LogP contribution in [0.15, 0.2) is 18.2 Å². The molecule has 23 heavy (non-hydrogen) atoms. The molecule has 1 aromatic rings. The maximum absolute atomic E-state index is 5.72. The average molecular weight is 337 g/mol. The van der Waals surface area contributed by atoms with Crippen molar-refractivity contribution in [3.05, 3.63) is 23.8 Å². The van der Waals surface area contributed by atoms with Crippen LogP contribution in [0, 0.1) is 0 Å². The molecule has 0 atom stereocenters. The lowest BCUT2D eigenvalue weighted by Crippen LogP contribution is -2.40. The first-order chi connectivity index (χ1) is 11.2. The Balaban J connectivity index is 2.04. The van der Waals surface area contributed by atoms with Crippen LogP contribution >= 0.6 is 12.2 Å². The summed E-state index contributed by atoms with van der Waals surface area (Å²) in [6, 6.07) is 6.72. The van der Waals surface area contributed by atoms with E-state index in [1.165, 1.54) is 18.4 Å². The number of methoxy groups -OCH3 is 1. The van der Waals surface area contributed by atoms with Gasteiger partial charge in [0.25, 0.3) is 0 Å². The van der Waals surface area contributed by atoms with Crippen molar-refractivity contribution in [2.75, 3.05) is 20.3 Å². The zero-order valence-electron chi connectivity index (χ0n) is 14.4. The SMILES string of the molecule is CCCOc1ccc(CN(CCC)C(=S)NC2CC2)cc1OC. The molecule has 128 valence electrons. The van der Waals surface area contributed by atoms with E-state index < -0.39 is 0 Å². The Labute approximate surface area is 145 Å². The van der Waals surface area contributed by atoms with Crippen LogP contribution in [0.25, 0.3) is 0 Å². The number of nitrogens with zero attached hydrogens (tertiary/aromatic N) is 1. The first-order valence-corrected chi connectivity index (χ1v) is 8.93. The third-order valence-corrected chi connectivity index (χ3v) is 4.12. The zero-order valence-corrected chi connectivity index (χ0v) is 15.2. The quantitative estimate of drug-likeness (QED) is 0.695. The summed E-state index contributed by atoms with van der Waals surface area (Å²) in [6.45, 7) is 6.71. The van der Waals surface area contributed by atoms with Gasteiger partial charge in [0, 0.05) is 19.1 Å². The summed E-state index contributed by atoms with van der Waals surface area (Å²) in [5.74, 6) is 1.59. The van der Waals surface area contributed by atoms with Gasteiger partial charge < -0.3 is 19.7 Å². The first-order valence-electron chi connectivity index (χ1n) is 8.53. The monoisotopic (exact) mass is 336 g/mol. The first kappa shape index (κ1) is 17.9. The van der Waals surface area contributed by atoms with Crippen molar-refractivity contribution in [1.29, 1.82) is 0 Å². The summed E-state index contributed by atoms with van der Waals surface area (Å²) < 4.78 is 11.2. The molecule has 2 rings (SSSR count). The third kappa shape index (κ3) is 5.57. The van der Waals surface area contributed by atoms with Crippen LogP contribution in [0.4, 0.5) is 0 Å². The van der Waals surface area contributed by atoms with Crippen molar-refractivity contribution in [1.82, 2.24) is 10.2 Å². The summed E-state index contributed by atoms with van der Waals surface area (Å²) in [7, 11) is 1.68. The molecule has 0 unspecified atom stereocenters. The molecule has 1 fully saturated rings. The van der Waals surface area contributed by atoms with Crippen LogP contribution < -0.4 is 14.8 Å². The highest BCUT2D eigenvalue weighted by Crippen LogP contribution is 2.29. The van der Waals surface area contributed by atoms with Gasteiger partial charge in [0.2, 0.25) is 0 Å². The maximum atomic E-state index is 5.72. The van der Waals surface area contributed by atoms with E-state index in [1.54, 1.807) is 7.11 Å². The maximum Gasteiger partial charge on any atom is 0.169 e.